The van der Waals surface area contributed by atoms with Gasteiger partial charge in [0.2, 0.25) is 0 Å². The SMILES string of the molecule is CC(C)CN(CC(C)C)C(=O)COc1ccc2ccccc2c1. The molecule has 0 atom stereocenters. The molecule has 3 heteroatoms. The van der Waals surface area contributed by atoms with Crippen molar-refractivity contribution >= 4 is 16.7 Å². The van der Waals surface area contributed by atoms with Crippen molar-refractivity contribution in [3.8, 4) is 5.75 Å². The number of nitrogens with zero attached hydrogens (tertiary/aromatic N) is 1. The first-order valence-corrected chi connectivity index (χ1v) is 8.35. The molecule has 0 spiro atoms. The fourth-order valence-electron chi connectivity index (χ4n) is 2.65. The molecular formula is C20H27NO2. The van der Waals surface area contributed by atoms with Gasteiger partial charge in [0, 0.05) is 13.1 Å². The summed E-state index contributed by atoms with van der Waals surface area (Å²) in [5.41, 5.74) is 0. The van der Waals surface area contributed by atoms with Crippen LogP contribution in [0.5, 0.6) is 5.75 Å². The van der Waals surface area contributed by atoms with Gasteiger partial charge in [-0.1, -0.05) is 58.0 Å². The topological polar surface area (TPSA) is 29.5 Å². The van der Waals surface area contributed by atoms with E-state index >= 15 is 0 Å². The average molecular weight is 313 g/mol. The number of hydrogen-bond acceptors (Lipinski definition) is 2. The highest BCUT2D eigenvalue weighted by Crippen LogP contribution is 2.20. The molecule has 0 unspecified atom stereocenters. The minimum atomic E-state index is 0.0561. The summed E-state index contributed by atoms with van der Waals surface area (Å²) in [6, 6.07) is 14.1. The van der Waals surface area contributed by atoms with Crippen LogP contribution in [0.1, 0.15) is 27.7 Å². The highest BCUT2D eigenvalue weighted by atomic mass is 16.5. The number of ether oxygens (including phenoxy) is 1. The van der Waals surface area contributed by atoms with Gasteiger partial charge in [-0.3, -0.25) is 4.79 Å². The minimum Gasteiger partial charge on any atom is -0.484 e. The predicted molar refractivity (Wildman–Crippen MR) is 95.7 cm³/mol. The number of carbonyl (C=O) groups excluding carboxylic acids is 1. The van der Waals surface area contributed by atoms with Crippen LogP contribution in [0, 0.1) is 11.8 Å². The van der Waals surface area contributed by atoms with Gasteiger partial charge in [-0.25, -0.2) is 0 Å². The Hall–Kier alpha value is -2.03. The Morgan fingerprint density at radius 3 is 2.17 bits per heavy atom. The molecule has 1 amide bonds. The second-order valence-corrected chi connectivity index (χ2v) is 6.88. The van der Waals surface area contributed by atoms with E-state index in [-0.39, 0.29) is 12.5 Å². The summed E-state index contributed by atoms with van der Waals surface area (Å²) < 4.78 is 5.73. The van der Waals surface area contributed by atoms with Gasteiger partial charge in [0.1, 0.15) is 5.75 Å². The van der Waals surface area contributed by atoms with E-state index in [0.717, 1.165) is 24.2 Å². The molecule has 0 fully saturated rings. The van der Waals surface area contributed by atoms with E-state index in [1.54, 1.807) is 0 Å². The van der Waals surface area contributed by atoms with E-state index in [1.807, 2.05) is 41.3 Å². The molecule has 0 aromatic heterocycles. The van der Waals surface area contributed by atoms with Crippen LogP contribution >= 0.6 is 0 Å². The lowest BCUT2D eigenvalue weighted by atomic mass is 10.1. The zero-order chi connectivity index (χ0) is 16.8. The zero-order valence-electron chi connectivity index (χ0n) is 14.6. The fraction of sp³-hybridized carbons (Fsp3) is 0.450. The van der Waals surface area contributed by atoms with Gasteiger partial charge in [-0.05, 0) is 34.7 Å². The van der Waals surface area contributed by atoms with Crippen molar-refractivity contribution in [2.75, 3.05) is 19.7 Å². The van der Waals surface area contributed by atoms with Gasteiger partial charge in [0.05, 0.1) is 0 Å². The second kappa shape index (κ2) is 8.00. The molecule has 0 aliphatic carbocycles. The van der Waals surface area contributed by atoms with Gasteiger partial charge in [-0.2, -0.15) is 0 Å². The summed E-state index contributed by atoms with van der Waals surface area (Å²) in [5, 5.41) is 2.30. The van der Waals surface area contributed by atoms with E-state index in [4.69, 9.17) is 4.74 Å². The standard InChI is InChI=1S/C20H27NO2/c1-15(2)12-21(13-16(3)4)20(22)14-23-19-10-9-17-7-5-6-8-18(17)11-19/h5-11,15-16H,12-14H2,1-4H3. The van der Waals surface area contributed by atoms with Crippen molar-refractivity contribution in [1.29, 1.82) is 0 Å². The van der Waals surface area contributed by atoms with Crippen molar-refractivity contribution in [3.05, 3.63) is 42.5 Å². The predicted octanol–water partition coefficient (Wildman–Crippen LogP) is 4.36. The quantitative estimate of drug-likeness (QED) is 0.760. The van der Waals surface area contributed by atoms with Crippen LogP contribution in [0.2, 0.25) is 0 Å². The molecule has 0 saturated carbocycles. The first-order valence-electron chi connectivity index (χ1n) is 8.35. The number of fused-ring (bicyclic) bond motifs is 1. The van der Waals surface area contributed by atoms with E-state index in [9.17, 15) is 4.79 Å². The minimum absolute atomic E-state index is 0.0561. The molecule has 0 bridgehead atoms. The van der Waals surface area contributed by atoms with Crippen LogP contribution in [-0.4, -0.2) is 30.5 Å². The van der Waals surface area contributed by atoms with Crippen LogP contribution < -0.4 is 4.74 Å². The van der Waals surface area contributed by atoms with Crippen LogP contribution in [0.4, 0.5) is 0 Å². The molecule has 0 heterocycles. The molecule has 0 aliphatic rings. The van der Waals surface area contributed by atoms with Crippen LogP contribution in [0.25, 0.3) is 10.8 Å². The summed E-state index contributed by atoms with van der Waals surface area (Å²) in [6.07, 6.45) is 0. The summed E-state index contributed by atoms with van der Waals surface area (Å²) in [6.45, 7) is 10.2. The van der Waals surface area contributed by atoms with E-state index in [1.165, 1.54) is 5.39 Å². The lowest BCUT2D eigenvalue weighted by Crippen LogP contribution is -2.39. The Kier molecular flexibility index (Phi) is 6.03. The van der Waals surface area contributed by atoms with Crippen molar-refractivity contribution in [2.45, 2.75) is 27.7 Å². The third kappa shape index (κ3) is 5.27. The van der Waals surface area contributed by atoms with Gasteiger partial charge in [-0.15, -0.1) is 0 Å². The van der Waals surface area contributed by atoms with Gasteiger partial charge >= 0.3 is 0 Å². The van der Waals surface area contributed by atoms with Crippen molar-refractivity contribution in [3.63, 3.8) is 0 Å². The van der Waals surface area contributed by atoms with E-state index in [2.05, 4.69) is 33.8 Å². The van der Waals surface area contributed by atoms with Crippen LogP contribution in [0.3, 0.4) is 0 Å². The van der Waals surface area contributed by atoms with Crippen LogP contribution in [0.15, 0.2) is 42.5 Å². The Labute approximate surface area is 139 Å². The Balaban J connectivity index is 2.00. The Morgan fingerprint density at radius 2 is 1.57 bits per heavy atom. The second-order valence-electron chi connectivity index (χ2n) is 6.88. The zero-order valence-corrected chi connectivity index (χ0v) is 14.6. The van der Waals surface area contributed by atoms with E-state index in [0.29, 0.717) is 11.8 Å². The van der Waals surface area contributed by atoms with Crippen molar-refractivity contribution in [1.82, 2.24) is 4.90 Å². The molecule has 0 radical (unpaired) electrons. The van der Waals surface area contributed by atoms with Gasteiger partial charge < -0.3 is 9.64 Å². The summed E-state index contributed by atoms with van der Waals surface area (Å²) in [7, 11) is 0. The normalized spacial score (nSPS) is 11.2. The molecule has 0 saturated heterocycles. The van der Waals surface area contributed by atoms with Gasteiger partial charge in [0.15, 0.2) is 6.61 Å². The Bertz CT molecular complexity index is 639. The number of carbonyl (C=O) groups is 1. The molecular weight excluding hydrogens is 286 g/mol. The first kappa shape index (κ1) is 17.3. The smallest absolute Gasteiger partial charge is 0.260 e. The number of benzene rings is 2. The lowest BCUT2D eigenvalue weighted by molar-refractivity contribution is -0.134. The Morgan fingerprint density at radius 1 is 0.957 bits per heavy atom. The highest BCUT2D eigenvalue weighted by molar-refractivity contribution is 5.84. The molecule has 0 N–H and O–H groups in total. The maximum atomic E-state index is 12.5. The van der Waals surface area contributed by atoms with Crippen LogP contribution in [-0.2, 0) is 4.79 Å². The monoisotopic (exact) mass is 313 g/mol. The average Bonchev–Trinajstić information content (AvgIpc) is 2.51. The molecule has 2 aromatic rings. The van der Waals surface area contributed by atoms with Crippen molar-refractivity contribution < 1.29 is 9.53 Å². The maximum Gasteiger partial charge on any atom is 0.260 e. The summed E-state index contributed by atoms with van der Waals surface area (Å²) >= 11 is 0. The maximum absolute atomic E-state index is 12.5. The van der Waals surface area contributed by atoms with Crippen molar-refractivity contribution in [2.24, 2.45) is 11.8 Å². The third-order valence-electron chi connectivity index (χ3n) is 3.61. The molecule has 2 aromatic carbocycles. The summed E-state index contributed by atoms with van der Waals surface area (Å²) in [5.74, 6) is 1.71. The summed E-state index contributed by atoms with van der Waals surface area (Å²) in [4.78, 5) is 14.4. The molecule has 124 valence electrons. The van der Waals surface area contributed by atoms with Gasteiger partial charge in [0.25, 0.3) is 5.91 Å². The third-order valence-corrected chi connectivity index (χ3v) is 3.61. The lowest BCUT2D eigenvalue weighted by Gasteiger charge is -2.26. The fourth-order valence-corrected chi connectivity index (χ4v) is 2.65. The molecule has 23 heavy (non-hydrogen) atoms. The molecule has 2 rings (SSSR count). The molecule has 3 nitrogen and oxygen atoms in total. The number of rotatable bonds is 7. The van der Waals surface area contributed by atoms with E-state index < -0.39 is 0 Å². The highest BCUT2D eigenvalue weighted by Gasteiger charge is 2.16. The molecule has 0 aliphatic heterocycles. The largest absolute Gasteiger partial charge is 0.484 e. The number of hydrogen-bond donors (Lipinski definition) is 0. The first-order chi connectivity index (χ1) is 11.0. The number of amides is 1.